The van der Waals surface area contributed by atoms with Gasteiger partial charge in [-0.15, -0.1) is 24.2 Å². The highest BCUT2D eigenvalue weighted by Gasteiger charge is 2.21. The molecule has 0 unspecified atom stereocenters. The lowest BCUT2D eigenvalue weighted by Gasteiger charge is -2.27. The van der Waals surface area contributed by atoms with Gasteiger partial charge in [-0.05, 0) is 61.4 Å². The van der Waals surface area contributed by atoms with Crippen LogP contribution in [-0.2, 0) is 9.53 Å². The van der Waals surface area contributed by atoms with E-state index in [4.69, 9.17) is 32.9 Å². The van der Waals surface area contributed by atoms with Crippen LogP contribution >= 0.6 is 58.7 Å². The number of thioether (sulfide) groups is 1. The van der Waals surface area contributed by atoms with Crippen LogP contribution in [0, 0.1) is 6.92 Å². The molecule has 0 N–H and O–H groups in total. The number of hydrogen-bond acceptors (Lipinski definition) is 6. The standard InChI is InChI=1S/C25H29Cl2N3O2S2.ClH/c1-18-5-10-21(27)24-23(18)28-25(34-24)30(12-3-11-29-13-15-32-16-14-29)22(31)4-2-17-33-20-8-6-19(26)7-9-20;/h5-10H,2-4,11-17H2,1H3;1H. The Morgan fingerprint density at radius 3 is 2.60 bits per heavy atom. The van der Waals surface area contributed by atoms with Crippen LogP contribution in [0.3, 0.4) is 0 Å². The molecular weight excluding hydrogens is 545 g/mol. The van der Waals surface area contributed by atoms with Crippen LogP contribution < -0.4 is 4.90 Å². The molecule has 4 rings (SSSR count). The third-order valence-corrected chi connectivity index (χ3v) is 8.68. The summed E-state index contributed by atoms with van der Waals surface area (Å²) >= 11 is 15.7. The molecule has 1 aliphatic rings. The van der Waals surface area contributed by atoms with Crippen molar-refractivity contribution in [1.29, 1.82) is 0 Å². The highest BCUT2D eigenvalue weighted by molar-refractivity contribution is 7.99. The zero-order valence-corrected chi connectivity index (χ0v) is 23.6. The lowest BCUT2D eigenvalue weighted by Crippen LogP contribution is -2.39. The highest BCUT2D eigenvalue weighted by Crippen LogP contribution is 2.36. The van der Waals surface area contributed by atoms with Gasteiger partial charge in [-0.3, -0.25) is 14.6 Å². The normalized spacial score (nSPS) is 14.1. The summed E-state index contributed by atoms with van der Waals surface area (Å²) in [6.07, 6.45) is 2.19. The van der Waals surface area contributed by atoms with Crippen LogP contribution in [0.25, 0.3) is 10.2 Å². The summed E-state index contributed by atoms with van der Waals surface area (Å²) < 4.78 is 6.39. The topological polar surface area (TPSA) is 45.7 Å². The largest absolute Gasteiger partial charge is 0.379 e. The fourth-order valence-corrected chi connectivity index (χ4v) is 6.23. The van der Waals surface area contributed by atoms with Gasteiger partial charge < -0.3 is 4.74 Å². The van der Waals surface area contributed by atoms with E-state index in [1.54, 1.807) is 11.8 Å². The molecule has 2 heterocycles. The first-order valence-corrected chi connectivity index (χ1v) is 14.1. The third-order valence-electron chi connectivity index (χ3n) is 5.80. The van der Waals surface area contributed by atoms with Gasteiger partial charge in [-0.1, -0.05) is 40.6 Å². The Morgan fingerprint density at radius 1 is 1.14 bits per heavy atom. The van der Waals surface area contributed by atoms with E-state index in [2.05, 4.69) is 4.90 Å². The summed E-state index contributed by atoms with van der Waals surface area (Å²) in [7, 11) is 0. The van der Waals surface area contributed by atoms with Gasteiger partial charge in [0.2, 0.25) is 5.91 Å². The molecule has 1 saturated heterocycles. The zero-order chi connectivity index (χ0) is 23.9. The van der Waals surface area contributed by atoms with Crippen molar-refractivity contribution >= 4 is 80.0 Å². The van der Waals surface area contributed by atoms with Crippen LogP contribution in [0.2, 0.25) is 10.0 Å². The van der Waals surface area contributed by atoms with E-state index in [0.717, 1.165) is 82.3 Å². The van der Waals surface area contributed by atoms with E-state index in [9.17, 15) is 4.79 Å². The summed E-state index contributed by atoms with van der Waals surface area (Å²) in [4.78, 5) is 23.6. The minimum atomic E-state index is 0. The Kier molecular flexibility index (Phi) is 11.4. The quantitative estimate of drug-likeness (QED) is 0.193. The van der Waals surface area contributed by atoms with Crippen molar-refractivity contribution in [2.24, 2.45) is 0 Å². The zero-order valence-electron chi connectivity index (χ0n) is 19.7. The van der Waals surface area contributed by atoms with Gasteiger partial charge in [0.1, 0.15) is 0 Å². The van der Waals surface area contributed by atoms with Gasteiger partial charge in [-0.25, -0.2) is 4.98 Å². The molecule has 0 radical (unpaired) electrons. The molecule has 3 aromatic rings. The average Bonchev–Trinajstić information content (AvgIpc) is 3.30. The first-order chi connectivity index (χ1) is 16.5. The number of thiazole rings is 1. The maximum Gasteiger partial charge on any atom is 0.228 e. The summed E-state index contributed by atoms with van der Waals surface area (Å²) in [5.74, 6) is 0.992. The van der Waals surface area contributed by atoms with Crippen molar-refractivity contribution < 1.29 is 9.53 Å². The number of halogens is 3. The van der Waals surface area contributed by atoms with Crippen molar-refractivity contribution in [3.8, 4) is 0 Å². The van der Waals surface area contributed by atoms with E-state index < -0.39 is 0 Å². The molecule has 1 aromatic heterocycles. The molecule has 10 heteroatoms. The van der Waals surface area contributed by atoms with Gasteiger partial charge in [-0.2, -0.15) is 0 Å². The fourth-order valence-electron chi connectivity index (χ4n) is 3.89. The number of fused-ring (bicyclic) bond motifs is 1. The number of aromatic nitrogens is 1. The highest BCUT2D eigenvalue weighted by atomic mass is 35.5. The van der Waals surface area contributed by atoms with Crippen molar-refractivity contribution in [2.75, 3.05) is 50.0 Å². The van der Waals surface area contributed by atoms with Gasteiger partial charge in [0, 0.05) is 42.5 Å². The molecule has 0 bridgehead atoms. The molecule has 190 valence electrons. The lowest BCUT2D eigenvalue weighted by molar-refractivity contribution is -0.118. The fraction of sp³-hybridized carbons (Fsp3) is 0.440. The summed E-state index contributed by atoms with van der Waals surface area (Å²) in [5.41, 5.74) is 1.96. The Bertz CT molecular complexity index is 1070. The Balaban J connectivity index is 0.00000342. The number of rotatable bonds is 10. The minimum absolute atomic E-state index is 0. The number of ether oxygens (including phenoxy) is 1. The van der Waals surface area contributed by atoms with Crippen molar-refractivity contribution in [2.45, 2.75) is 31.1 Å². The molecule has 1 fully saturated rings. The number of aryl methyl sites for hydroxylation is 1. The monoisotopic (exact) mass is 573 g/mol. The molecular formula is C25H30Cl3N3O2S2. The second-order valence-corrected chi connectivity index (χ2v) is 11.3. The predicted molar refractivity (Wildman–Crippen MR) is 152 cm³/mol. The smallest absolute Gasteiger partial charge is 0.228 e. The number of hydrogen-bond donors (Lipinski definition) is 0. The van der Waals surface area contributed by atoms with E-state index in [1.165, 1.54) is 11.3 Å². The Hall–Kier alpha value is -1.06. The molecule has 0 spiro atoms. The van der Waals surface area contributed by atoms with E-state index >= 15 is 0 Å². The summed E-state index contributed by atoms with van der Waals surface area (Å²) in [5, 5.41) is 2.16. The molecule has 0 aliphatic carbocycles. The number of benzene rings is 2. The minimum Gasteiger partial charge on any atom is -0.379 e. The molecule has 2 aromatic carbocycles. The number of anilines is 1. The molecule has 1 amide bonds. The van der Waals surface area contributed by atoms with E-state index in [1.807, 2.05) is 48.2 Å². The molecule has 35 heavy (non-hydrogen) atoms. The molecule has 1 aliphatic heterocycles. The average molecular weight is 575 g/mol. The number of nitrogens with zero attached hydrogens (tertiary/aromatic N) is 3. The number of carbonyl (C=O) groups is 1. The number of amides is 1. The van der Waals surface area contributed by atoms with Crippen molar-refractivity contribution in [1.82, 2.24) is 9.88 Å². The van der Waals surface area contributed by atoms with Crippen molar-refractivity contribution in [3.63, 3.8) is 0 Å². The SMILES string of the molecule is Cc1ccc(Cl)c2sc(N(CCCN3CCOCC3)C(=O)CCCSc3ccc(Cl)cc3)nc12.Cl. The van der Waals surface area contributed by atoms with E-state index in [0.29, 0.717) is 18.0 Å². The Labute approximate surface area is 231 Å². The first-order valence-electron chi connectivity index (χ1n) is 11.6. The van der Waals surface area contributed by atoms with Gasteiger partial charge in [0.05, 0.1) is 28.5 Å². The number of morpholine rings is 1. The number of carbonyl (C=O) groups excluding carboxylic acids is 1. The van der Waals surface area contributed by atoms with E-state index in [-0.39, 0.29) is 18.3 Å². The first kappa shape index (κ1) is 28.5. The van der Waals surface area contributed by atoms with Crippen LogP contribution in [0.15, 0.2) is 41.3 Å². The predicted octanol–water partition coefficient (Wildman–Crippen LogP) is 6.96. The van der Waals surface area contributed by atoms with Crippen LogP contribution in [0.1, 0.15) is 24.8 Å². The summed E-state index contributed by atoms with van der Waals surface area (Å²) in [6, 6.07) is 11.7. The van der Waals surface area contributed by atoms with Crippen LogP contribution in [0.4, 0.5) is 5.13 Å². The third kappa shape index (κ3) is 7.96. The van der Waals surface area contributed by atoms with Gasteiger partial charge in [0.25, 0.3) is 0 Å². The molecule has 0 atom stereocenters. The van der Waals surface area contributed by atoms with Crippen LogP contribution in [-0.4, -0.2) is 60.9 Å². The molecule has 5 nitrogen and oxygen atoms in total. The van der Waals surface area contributed by atoms with Gasteiger partial charge >= 0.3 is 0 Å². The second kappa shape index (κ2) is 14.0. The summed E-state index contributed by atoms with van der Waals surface area (Å²) in [6.45, 7) is 7.09. The van der Waals surface area contributed by atoms with Crippen molar-refractivity contribution in [3.05, 3.63) is 52.0 Å². The maximum atomic E-state index is 13.3. The second-order valence-electron chi connectivity index (χ2n) is 8.30. The maximum absolute atomic E-state index is 13.3. The Morgan fingerprint density at radius 2 is 1.89 bits per heavy atom. The lowest BCUT2D eigenvalue weighted by atomic mass is 10.2. The van der Waals surface area contributed by atoms with Crippen LogP contribution in [0.5, 0.6) is 0 Å². The van der Waals surface area contributed by atoms with Gasteiger partial charge in [0.15, 0.2) is 5.13 Å². The molecule has 0 saturated carbocycles.